The average molecular weight is 473 g/mol. The first-order chi connectivity index (χ1) is 14.0. The SMILES string of the molecule is Cc1cc(C)n(CC(=O)Nc2cc(F)ccc2F)c(=O)c1S(=O)(=O)c1ccc(Cl)s1. The first-order valence-electron chi connectivity index (χ1n) is 8.47. The summed E-state index contributed by atoms with van der Waals surface area (Å²) in [4.78, 5) is 24.9. The molecule has 0 saturated carbocycles. The standard InChI is InChI=1S/C19H15ClF2N2O4S2/c1-10-7-11(2)24(9-16(25)23-14-8-12(21)3-4-13(14)22)19(26)18(10)30(27,28)17-6-5-15(20)29-17/h3-8H,9H2,1-2H3,(H,23,25). The maximum absolute atomic E-state index is 13.8. The molecule has 2 aromatic heterocycles. The Balaban J connectivity index is 2.00. The van der Waals surface area contributed by atoms with Crippen molar-refractivity contribution in [2.75, 3.05) is 5.32 Å². The van der Waals surface area contributed by atoms with E-state index in [2.05, 4.69) is 5.32 Å². The van der Waals surface area contributed by atoms with E-state index in [9.17, 15) is 26.8 Å². The highest BCUT2D eigenvalue weighted by molar-refractivity contribution is 7.93. The third-order valence-corrected chi connectivity index (χ3v) is 7.87. The lowest BCUT2D eigenvalue weighted by molar-refractivity contribution is -0.116. The summed E-state index contributed by atoms with van der Waals surface area (Å²) in [6.45, 7) is 2.42. The highest BCUT2D eigenvalue weighted by atomic mass is 35.5. The van der Waals surface area contributed by atoms with Gasteiger partial charge in [0.2, 0.25) is 15.7 Å². The van der Waals surface area contributed by atoms with Crippen LogP contribution in [0.3, 0.4) is 0 Å². The summed E-state index contributed by atoms with van der Waals surface area (Å²) in [6.07, 6.45) is 0. The number of thiophene rings is 1. The number of aromatic nitrogens is 1. The van der Waals surface area contributed by atoms with Crippen molar-refractivity contribution >= 4 is 44.4 Å². The monoisotopic (exact) mass is 472 g/mol. The molecule has 3 rings (SSSR count). The molecule has 30 heavy (non-hydrogen) atoms. The van der Waals surface area contributed by atoms with Gasteiger partial charge in [-0.25, -0.2) is 17.2 Å². The number of nitrogens with one attached hydrogen (secondary N) is 1. The topological polar surface area (TPSA) is 85.2 Å². The molecule has 158 valence electrons. The molecule has 1 N–H and O–H groups in total. The number of hydrogen-bond acceptors (Lipinski definition) is 5. The fourth-order valence-electron chi connectivity index (χ4n) is 2.90. The van der Waals surface area contributed by atoms with Crippen molar-refractivity contribution in [2.45, 2.75) is 29.5 Å². The quantitative estimate of drug-likeness (QED) is 0.609. The second-order valence-corrected chi connectivity index (χ2v) is 10.3. The van der Waals surface area contributed by atoms with Crippen molar-refractivity contribution in [2.24, 2.45) is 0 Å². The lowest BCUT2D eigenvalue weighted by Gasteiger charge is -2.14. The molecule has 1 aromatic carbocycles. The Labute approximate surface area is 179 Å². The highest BCUT2D eigenvalue weighted by Crippen LogP contribution is 2.30. The van der Waals surface area contributed by atoms with Gasteiger partial charge in [-0.15, -0.1) is 11.3 Å². The number of hydrogen-bond donors (Lipinski definition) is 1. The number of benzene rings is 1. The van der Waals surface area contributed by atoms with Gasteiger partial charge in [0.25, 0.3) is 5.56 Å². The normalized spacial score (nSPS) is 11.5. The number of aryl methyl sites for hydroxylation is 2. The predicted octanol–water partition coefficient (Wildman–Crippen LogP) is 3.93. The van der Waals surface area contributed by atoms with Crippen molar-refractivity contribution < 1.29 is 22.0 Å². The molecule has 0 saturated heterocycles. The van der Waals surface area contributed by atoms with Crippen molar-refractivity contribution in [3.63, 3.8) is 0 Å². The zero-order valence-corrected chi connectivity index (χ0v) is 18.1. The third kappa shape index (κ3) is 4.30. The summed E-state index contributed by atoms with van der Waals surface area (Å²) >= 11 is 6.63. The average Bonchev–Trinajstić information content (AvgIpc) is 3.08. The molecule has 1 amide bonds. The summed E-state index contributed by atoms with van der Waals surface area (Å²) in [5.74, 6) is -2.43. The van der Waals surface area contributed by atoms with Gasteiger partial charge in [-0.2, -0.15) is 0 Å². The van der Waals surface area contributed by atoms with E-state index in [0.29, 0.717) is 5.69 Å². The Hall–Kier alpha value is -2.56. The Morgan fingerprint density at radius 1 is 1.17 bits per heavy atom. The van der Waals surface area contributed by atoms with E-state index in [0.717, 1.165) is 34.1 Å². The Morgan fingerprint density at radius 2 is 1.87 bits per heavy atom. The first kappa shape index (κ1) is 22.1. The summed E-state index contributed by atoms with van der Waals surface area (Å²) in [6, 6.07) is 6.71. The summed E-state index contributed by atoms with van der Waals surface area (Å²) in [5, 5.41) is 2.18. The van der Waals surface area contributed by atoms with Crippen molar-refractivity contribution in [1.29, 1.82) is 0 Å². The number of halogens is 3. The van der Waals surface area contributed by atoms with Gasteiger partial charge in [0, 0.05) is 11.8 Å². The number of pyridine rings is 1. The van der Waals surface area contributed by atoms with Gasteiger partial charge in [-0.3, -0.25) is 9.59 Å². The van der Waals surface area contributed by atoms with E-state index in [1.807, 2.05) is 0 Å². The number of carbonyl (C=O) groups is 1. The Morgan fingerprint density at radius 3 is 2.50 bits per heavy atom. The summed E-state index contributed by atoms with van der Waals surface area (Å²) in [7, 11) is -4.17. The lowest BCUT2D eigenvalue weighted by Crippen LogP contribution is -2.33. The fraction of sp³-hybridized carbons (Fsp3) is 0.158. The molecule has 6 nitrogen and oxygen atoms in total. The second kappa shape index (κ2) is 8.29. The molecule has 0 spiro atoms. The molecule has 3 aromatic rings. The molecule has 2 heterocycles. The number of rotatable bonds is 5. The molecular weight excluding hydrogens is 458 g/mol. The molecule has 0 aliphatic heterocycles. The zero-order chi connectivity index (χ0) is 22.2. The van der Waals surface area contributed by atoms with Crippen LogP contribution in [-0.2, 0) is 21.2 Å². The van der Waals surface area contributed by atoms with Crippen LogP contribution in [0.5, 0.6) is 0 Å². The van der Waals surface area contributed by atoms with Gasteiger partial charge in [0.15, 0.2) is 0 Å². The van der Waals surface area contributed by atoms with Crippen LogP contribution in [0.15, 0.2) is 50.3 Å². The van der Waals surface area contributed by atoms with Gasteiger partial charge >= 0.3 is 0 Å². The second-order valence-electron chi connectivity index (χ2n) is 6.42. The van der Waals surface area contributed by atoms with E-state index >= 15 is 0 Å². The number of nitrogens with zero attached hydrogens (tertiary/aromatic N) is 1. The van der Waals surface area contributed by atoms with Crippen molar-refractivity contribution in [3.05, 3.63) is 74.0 Å². The smallest absolute Gasteiger partial charge is 0.270 e. The van der Waals surface area contributed by atoms with Crippen LogP contribution in [-0.4, -0.2) is 18.9 Å². The molecule has 0 aliphatic carbocycles. The maximum atomic E-state index is 13.8. The van der Waals surface area contributed by atoms with E-state index in [4.69, 9.17) is 11.6 Å². The number of sulfone groups is 1. The first-order valence-corrected chi connectivity index (χ1v) is 11.1. The molecule has 11 heteroatoms. The van der Waals surface area contributed by atoms with Gasteiger partial charge in [0.1, 0.15) is 27.3 Å². The molecular formula is C19H15ClF2N2O4S2. The van der Waals surface area contributed by atoms with Crippen molar-refractivity contribution in [1.82, 2.24) is 4.57 Å². The third-order valence-electron chi connectivity index (χ3n) is 4.24. The zero-order valence-electron chi connectivity index (χ0n) is 15.7. The minimum atomic E-state index is -4.17. The van der Waals surface area contributed by atoms with Gasteiger partial charge < -0.3 is 9.88 Å². The minimum absolute atomic E-state index is 0.102. The van der Waals surface area contributed by atoms with Crippen LogP contribution in [0.1, 0.15) is 11.3 Å². The van der Waals surface area contributed by atoms with E-state index < -0.39 is 44.4 Å². The lowest BCUT2D eigenvalue weighted by atomic mass is 10.2. The highest BCUT2D eigenvalue weighted by Gasteiger charge is 2.27. The van der Waals surface area contributed by atoms with E-state index in [-0.39, 0.29) is 19.8 Å². The molecule has 0 atom stereocenters. The maximum Gasteiger partial charge on any atom is 0.270 e. The molecule has 0 fully saturated rings. The van der Waals surface area contributed by atoms with Crippen LogP contribution >= 0.6 is 22.9 Å². The molecule has 0 radical (unpaired) electrons. The minimum Gasteiger partial charge on any atom is -0.322 e. The van der Waals surface area contributed by atoms with Crippen LogP contribution < -0.4 is 10.9 Å². The van der Waals surface area contributed by atoms with Crippen LogP contribution in [0.25, 0.3) is 0 Å². The molecule has 0 bridgehead atoms. The van der Waals surface area contributed by atoms with Crippen molar-refractivity contribution in [3.8, 4) is 0 Å². The number of amides is 1. The summed E-state index contributed by atoms with van der Waals surface area (Å²) in [5.41, 5.74) is -0.740. The summed E-state index contributed by atoms with van der Waals surface area (Å²) < 4.78 is 54.1. The van der Waals surface area contributed by atoms with Crippen LogP contribution in [0.4, 0.5) is 14.5 Å². The largest absolute Gasteiger partial charge is 0.322 e. The van der Waals surface area contributed by atoms with E-state index in [1.165, 1.54) is 32.0 Å². The van der Waals surface area contributed by atoms with Crippen LogP contribution in [0, 0.1) is 25.5 Å². The molecule has 0 unspecified atom stereocenters. The predicted molar refractivity (Wildman–Crippen MR) is 110 cm³/mol. The van der Waals surface area contributed by atoms with Gasteiger partial charge in [-0.05, 0) is 49.7 Å². The van der Waals surface area contributed by atoms with Gasteiger partial charge in [-0.1, -0.05) is 11.6 Å². The van der Waals surface area contributed by atoms with Crippen LogP contribution in [0.2, 0.25) is 4.34 Å². The van der Waals surface area contributed by atoms with E-state index in [1.54, 1.807) is 0 Å². The number of carbonyl (C=O) groups excluding carboxylic acids is 1. The number of anilines is 1. The molecule has 0 aliphatic rings. The fourth-order valence-corrected chi connectivity index (χ4v) is 6.04. The Kier molecular flexibility index (Phi) is 6.11. The Bertz CT molecular complexity index is 1320. The van der Waals surface area contributed by atoms with Gasteiger partial charge in [0.05, 0.1) is 10.0 Å².